The summed E-state index contributed by atoms with van der Waals surface area (Å²) < 4.78 is 14.7. The van der Waals surface area contributed by atoms with Crippen LogP contribution in [0, 0.1) is 5.82 Å². The third kappa shape index (κ3) is 2.58. The van der Waals surface area contributed by atoms with Crippen LogP contribution < -0.4 is 11.1 Å². The van der Waals surface area contributed by atoms with Gasteiger partial charge in [0.15, 0.2) is 5.84 Å². The number of rotatable bonds is 3. The Hall–Kier alpha value is -2.90. The Balaban J connectivity index is 2.35. The van der Waals surface area contributed by atoms with Crippen LogP contribution in [-0.4, -0.2) is 26.5 Å². The van der Waals surface area contributed by atoms with Gasteiger partial charge in [0.25, 0.3) is 5.91 Å². The lowest BCUT2D eigenvalue weighted by atomic mass is 10.1. The highest BCUT2D eigenvalue weighted by Gasteiger charge is 2.14. The summed E-state index contributed by atoms with van der Waals surface area (Å²) in [5.74, 6) is -1.31. The fraction of sp³-hybridized carbons (Fsp3) is 0.0833. The number of nitrogens with zero attached hydrogens (tertiary/aromatic N) is 3. The molecule has 2 rings (SSSR count). The number of aromatic nitrogens is 2. The summed E-state index contributed by atoms with van der Waals surface area (Å²) in [5.41, 5.74) is 6.09. The fourth-order valence-corrected chi connectivity index (χ4v) is 1.65. The summed E-state index contributed by atoms with van der Waals surface area (Å²) in [5, 5.41) is 14.0. The van der Waals surface area contributed by atoms with Gasteiger partial charge in [-0.05, 0) is 18.2 Å². The van der Waals surface area contributed by atoms with Crippen LogP contribution in [0.1, 0.15) is 16.1 Å². The molecule has 0 bridgehead atoms. The third-order valence-electron chi connectivity index (χ3n) is 2.66. The number of anilines is 1. The van der Waals surface area contributed by atoms with Crippen LogP contribution in [0.15, 0.2) is 35.9 Å². The average Bonchev–Trinajstić information content (AvgIpc) is 2.86. The van der Waals surface area contributed by atoms with Gasteiger partial charge in [-0.15, -0.1) is 0 Å². The summed E-state index contributed by atoms with van der Waals surface area (Å²) in [6, 6.07) is 3.55. The standard InChI is InChI=1S/C12H12FN5O2/c1-18-6-15-5-10(18)12(19)16-9-3-2-7(13)4-8(9)11(14)17-20/h2-6,20H,1H3,(H2,14,17)(H,16,19). The van der Waals surface area contributed by atoms with E-state index in [1.807, 2.05) is 0 Å². The SMILES string of the molecule is Cn1cncc1C(=O)Nc1ccc(F)cc1/C(N)=N/O. The van der Waals surface area contributed by atoms with Crippen molar-refractivity contribution in [2.24, 2.45) is 17.9 Å². The summed E-state index contributed by atoms with van der Waals surface area (Å²) >= 11 is 0. The van der Waals surface area contributed by atoms with E-state index in [0.29, 0.717) is 5.69 Å². The number of amidine groups is 1. The lowest BCUT2D eigenvalue weighted by molar-refractivity contribution is 0.101. The summed E-state index contributed by atoms with van der Waals surface area (Å²) in [6.45, 7) is 0. The van der Waals surface area contributed by atoms with Crippen molar-refractivity contribution in [1.82, 2.24) is 9.55 Å². The molecule has 0 radical (unpaired) electrons. The number of carbonyl (C=O) groups is 1. The lowest BCUT2D eigenvalue weighted by Crippen LogP contribution is -2.20. The third-order valence-corrected chi connectivity index (χ3v) is 2.66. The van der Waals surface area contributed by atoms with Crippen molar-refractivity contribution in [2.45, 2.75) is 0 Å². The summed E-state index contributed by atoms with van der Waals surface area (Å²) in [6.07, 6.45) is 2.87. The maximum Gasteiger partial charge on any atom is 0.273 e. The van der Waals surface area contributed by atoms with Crippen LogP contribution in [0.5, 0.6) is 0 Å². The highest BCUT2D eigenvalue weighted by Crippen LogP contribution is 2.18. The van der Waals surface area contributed by atoms with Crippen LogP contribution >= 0.6 is 0 Å². The Morgan fingerprint density at radius 1 is 1.55 bits per heavy atom. The number of nitrogens with two attached hydrogens (primary N) is 1. The minimum absolute atomic E-state index is 0.0861. The van der Waals surface area contributed by atoms with Gasteiger partial charge in [0.1, 0.15) is 11.5 Å². The van der Waals surface area contributed by atoms with Crippen LogP contribution in [-0.2, 0) is 7.05 Å². The second-order valence-corrected chi connectivity index (χ2v) is 4.02. The molecule has 2 aromatic rings. The molecule has 0 spiro atoms. The summed E-state index contributed by atoms with van der Waals surface area (Å²) in [7, 11) is 1.66. The normalized spacial score (nSPS) is 11.4. The van der Waals surface area contributed by atoms with Gasteiger partial charge in [-0.1, -0.05) is 5.16 Å². The first-order chi connectivity index (χ1) is 9.52. The molecule has 8 heteroatoms. The van der Waals surface area contributed by atoms with Gasteiger partial charge in [-0.3, -0.25) is 4.79 Å². The van der Waals surface area contributed by atoms with Crippen LogP contribution in [0.4, 0.5) is 10.1 Å². The average molecular weight is 277 g/mol. The van der Waals surface area contributed by atoms with E-state index in [2.05, 4.69) is 15.5 Å². The number of halogens is 1. The number of hydrogen-bond donors (Lipinski definition) is 3. The van der Waals surface area contributed by atoms with E-state index < -0.39 is 11.7 Å². The van der Waals surface area contributed by atoms with Crippen molar-refractivity contribution < 1.29 is 14.4 Å². The predicted octanol–water partition coefficient (Wildman–Crippen LogP) is 0.906. The van der Waals surface area contributed by atoms with Crippen LogP contribution in [0.2, 0.25) is 0 Å². The molecule has 104 valence electrons. The molecular weight excluding hydrogens is 265 g/mol. The molecule has 1 amide bonds. The second-order valence-electron chi connectivity index (χ2n) is 4.02. The van der Waals surface area contributed by atoms with E-state index in [-0.39, 0.29) is 17.1 Å². The molecule has 0 atom stereocenters. The highest BCUT2D eigenvalue weighted by molar-refractivity contribution is 6.09. The topological polar surface area (TPSA) is 106 Å². The molecule has 0 fully saturated rings. The van der Waals surface area contributed by atoms with Gasteiger partial charge in [-0.25, -0.2) is 9.37 Å². The smallest absolute Gasteiger partial charge is 0.273 e. The van der Waals surface area contributed by atoms with Crippen molar-refractivity contribution in [3.63, 3.8) is 0 Å². The van der Waals surface area contributed by atoms with Gasteiger partial charge in [0, 0.05) is 12.6 Å². The molecule has 1 heterocycles. The first kappa shape index (κ1) is 13.5. The van der Waals surface area contributed by atoms with Crippen LogP contribution in [0.3, 0.4) is 0 Å². The maximum atomic E-state index is 13.2. The van der Waals surface area contributed by atoms with Gasteiger partial charge in [0.2, 0.25) is 0 Å². The number of imidazole rings is 1. The monoisotopic (exact) mass is 277 g/mol. The zero-order valence-corrected chi connectivity index (χ0v) is 10.5. The number of oxime groups is 1. The molecule has 0 aliphatic heterocycles. The first-order valence-electron chi connectivity index (χ1n) is 5.58. The van der Waals surface area contributed by atoms with Crippen molar-refractivity contribution in [2.75, 3.05) is 5.32 Å². The lowest BCUT2D eigenvalue weighted by Gasteiger charge is -2.10. The molecule has 0 aliphatic rings. The maximum absolute atomic E-state index is 13.2. The molecule has 1 aromatic carbocycles. The molecule has 0 saturated heterocycles. The molecule has 4 N–H and O–H groups in total. The molecule has 0 saturated carbocycles. The molecular formula is C12H12FN5O2. The van der Waals surface area contributed by atoms with Gasteiger partial charge >= 0.3 is 0 Å². The molecule has 0 aliphatic carbocycles. The number of benzene rings is 1. The zero-order valence-electron chi connectivity index (χ0n) is 10.5. The molecule has 1 aromatic heterocycles. The Morgan fingerprint density at radius 2 is 2.30 bits per heavy atom. The minimum Gasteiger partial charge on any atom is -0.409 e. The van der Waals surface area contributed by atoms with Gasteiger partial charge < -0.3 is 20.8 Å². The quantitative estimate of drug-likeness (QED) is 0.335. The number of amides is 1. The van der Waals surface area contributed by atoms with E-state index in [4.69, 9.17) is 10.9 Å². The first-order valence-corrected chi connectivity index (χ1v) is 5.58. The van der Waals surface area contributed by atoms with E-state index in [1.165, 1.54) is 23.2 Å². The Kier molecular flexibility index (Phi) is 3.65. The zero-order chi connectivity index (χ0) is 14.7. The van der Waals surface area contributed by atoms with E-state index in [0.717, 1.165) is 12.1 Å². The number of hydrogen-bond acceptors (Lipinski definition) is 4. The Morgan fingerprint density at radius 3 is 2.90 bits per heavy atom. The molecule has 0 unspecified atom stereocenters. The van der Waals surface area contributed by atoms with Crippen molar-refractivity contribution in [1.29, 1.82) is 0 Å². The minimum atomic E-state index is -0.565. The Labute approximate surface area is 113 Å². The van der Waals surface area contributed by atoms with Crippen molar-refractivity contribution in [3.8, 4) is 0 Å². The van der Waals surface area contributed by atoms with Gasteiger partial charge in [0.05, 0.1) is 18.2 Å². The Bertz CT molecular complexity index is 680. The number of carbonyl (C=O) groups excluding carboxylic acids is 1. The number of nitrogens with one attached hydrogen (secondary N) is 1. The van der Waals surface area contributed by atoms with Crippen molar-refractivity contribution >= 4 is 17.4 Å². The summed E-state index contributed by atoms with van der Waals surface area (Å²) in [4.78, 5) is 15.9. The van der Waals surface area contributed by atoms with E-state index >= 15 is 0 Å². The van der Waals surface area contributed by atoms with E-state index in [9.17, 15) is 9.18 Å². The van der Waals surface area contributed by atoms with Gasteiger partial charge in [-0.2, -0.15) is 0 Å². The van der Waals surface area contributed by atoms with E-state index in [1.54, 1.807) is 7.05 Å². The number of aryl methyl sites for hydroxylation is 1. The molecule has 7 nitrogen and oxygen atoms in total. The predicted molar refractivity (Wildman–Crippen MR) is 70.1 cm³/mol. The fourth-order valence-electron chi connectivity index (χ4n) is 1.65. The molecule has 20 heavy (non-hydrogen) atoms. The second kappa shape index (κ2) is 5.39. The largest absolute Gasteiger partial charge is 0.409 e. The van der Waals surface area contributed by atoms with Crippen molar-refractivity contribution in [3.05, 3.63) is 47.8 Å². The van der Waals surface area contributed by atoms with Crippen LogP contribution in [0.25, 0.3) is 0 Å². The highest BCUT2D eigenvalue weighted by atomic mass is 19.1.